The largest absolute Gasteiger partial charge is 0.372 e. The first kappa shape index (κ1) is 25.7. The van der Waals surface area contributed by atoms with Gasteiger partial charge in [-0.2, -0.15) is 0 Å². The molecule has 0 heterocycles. The Labute approximate surface area is 217 Å². The molecule has 1 atom stereocenters. The summed E-state index contributed by atoms with van der Waals surface area (Å²) in [4.78, 5) is 2.40. The van der Waals surface area contributed by atoms with Crippen LogP contribution in [0, 0.1) is 6.92 Å². The lowest BCUT2D eigenvalue weighted by Crippen LogP contribution is -2.73. The van der Waals surface area contributed by atoms with Gasteiger partial charge in [0.2, 0.25) is 0 Å². The van der Waals surface area contributed by atoms with Crippen molar-refractivity contribution >= 4 is 28.2 Å². The molecule has 0 aliphatic carbocycles. The van der Waals surface area contributed by atoms with E-state index in [1.807, 2.05) is 0 Å². The smallest absolute Gasteiger partial charge is 0.133 e. The Kier molecular flexibility index (Phi) is 8.28. The molecule has 36 heavy (non-hydrogen) atoms. The van der Waals surface area contributed by atoms with E-state index in [1.165, 1.54) is 44.4 Å². The van der Waals surface area contributed by atoms with Gasteiger partial charge in [-0.25, -0.2) is 0 Å². The molecule has 2 N–H and O–H groups in total. The third-order valence-corrected chi connectivity index (χ3v) is 7.56. The molecule has 0 aliphatic heterocycles. The molecule has 0 amide bonds. The fourth-order valence-corrected chi connectivity index (χ4v) is 5.59. The highest BCUT2D eigenvalue weighted by Gasteiger charge is 2.32. The number of nitrogens with zero attached hydrogens (tertiary/aromatic N) is 1. The zero-order chi connectivity index (χ0) is 25.5. The summed E-state index contributed by atoms with van der Waals surface area (Å²) in [5.74, 6) is 0. The topological polar surface area (TPSA) is 19.9 Å². The summed E-state index contributed by atoms with van der Waals surface area (Å²) in [5, 5.41) is 4.94. The number of allylic oxidation sites excluding steroid dienone is 1. The van der Waals surface area contributed by atoms with Crippen LogP contribution in [0.3, 0.4) is 0 Å². The van der Waals surface area contributed by atoms with Crippen LogP contribution in [0.5, 0.6) is 0 Å². The normalized spacial score (nSPS) is 13.2. The monoisotopic (exact) mass is 477 g/mol. The second kappa shape index (κ2) is 11.6. The summed E-state index contributed by atoms with van der Waals surface area (Å²) >= 11 is 0. The molecule has 0 saturated carbocycles. The Bertz CT molecular complexity index is 1320. The van der Waals surface area contributed by atoms with Gasteiger partial charge in [-0.05, 0) is 85.3 Å². The molecule has 1 unspecified atom stereocenters. The molecule has 0 bridgehead atoms. The summed E-state index contributed by atoms with van der Waals surface area (Å²) in [5.41, 5.74) is 8.05. The number of benzene rings is 4. The molecule has 0 radical (unpaired) electrons. The molecule has 0 spiro atoms. The minimum absolute atomic E-state index is 0.0460. The number of hydrogen-bond acceptors (Lipinski definition) is 1. The van der Waals surface area contributed by atoms with Crippen molar-refractivity contribution in [2.45, 2.75) is 46.0 Å². The molecular formula is C34H41N2+. The van der Waals surface area contributed by atoms with E-state index in [2.05, 4.69) is 142 Å². The molecule has 4 aromatic carbocycles. The Morgan fingerprint density at radius 1 is 0.861 bits per heavy atom. The summed E-state index contributed by atoms with van der Waals surface area (Å²) in [6.45, 7) is 11.2. The Morgan fingerprint density at radius 3 is 2.28 bits per heavy atom. The summed E-state index contributed by atoms with van der Waals surface area (Å²) in [6, 6.07) is 31.2. The first-order chi connectivity index (χ1) is 17.5. The number of nitrogens with two attached hydrogens (primary N) is 1. The predicted molar refractivity (Wildman–Crippen MR) is 157 cm³/mol. The van der Waals surface area contributed by atoms with Crippen molar-refractivity contribution in [2.75, 3.05) is 25.0 Å². The van der Waals surface area contributed by atoms with Crippen molar-refractivity contribution in [1.29, 1.82) is 0 Å². The van der Waals surface area contributed by atoms with Crippen LogP contribution in [-0.2, 0) is 11.8 Å². The van der Waals surface area contributed by atoms with E-state index in [1.54, 1.807) is 0 Å². The van der Waals surface area contributed by atoms with Crippen molar-refractivity contribution < 1.29 is 5.32 Å². The van der Waals surface area contributed by atoms with Gasteiger partial charge < -0.3 is 10.2 Å². The highest BCUT2D eigenvalue weighted by molar-refractivity contribution is 5.90. The zero-order valence-electron chi connectivity index (χ0n) is 22.6. The second-order valence-electron chi connectivity index (χ2n) is 10.1. The van der Waals surface area contributed by atoms with Crippen LogP contribution < -0.4 is 10.2 Å². The van der Waals surface area contributed by atoms with E-state index in [0.29, 0.717) is 0 Å². The fourth-order valence-electron chi connectivity index (χ4n) is 5.59. The average molecular weight is 478 g/mol. The maximum atomic E-state index is 2.44. The summed E-state index contributed by atoms with van der Waals surface area (Å²) in [7, 11) is 2.16. The van der Waals surface area contributed by atoms with Crippen LogP contribution in [-0.4, -0.2) is 20.1 Å². The Hall–Kier alpha value is -3.36. The molecule has 2 heteroatoms. The summed E-state index contributed by atoms with van der Waals surface area (Å²) < 4.78 is 0. The lowest BCUT2D eigenvalue weighted by molar-refractivity contribution is -0.540. The van der Waals surface area contributed by atoms with Crippen molar-refractivity contribution in [1.82, 2.24) is 0 Å². The number of hydrogen-bond donors (Lipinski definition) is 1. The molecule has 0 saturated heterocycles. The van der Waals surface area contributed by atoms with Gasteiger partial charge in [0.05, 0.1) is 7.05 Å². The van der Waals surface area contributed by atoms with Crippen molar-refractivity contribution in [3.63, 3.8) is 0 Å². The standard InChI is InChI=1S/C34H40N2/c1-6-36(7-2)30-21-19-28(26(3)24-30)17-13-23-34(4,25-27-14-9-8-10-15-27)33-31-18-12-11-16-29(31)20-22-32(33)35-5/h8-22,24,35H,6-7,23,25H2,1-5H3/p+1/b17-13+. The van der Waals surface area contributed by atoms with Gasteiger partial charge in [0.25, 0.3) is 0 Å². The van der Waals surface area contributed by atoms with Gasteiger partial charge in [-0.3, -0.25) is 0 Å². The minimum Gasteiger partial charge on any atom is -0.372 e. The van der Waals surface area contributed by atoms with E-state index in [9.17, 15) is 0 Å². The lowest BCUT2D eigenvalue weighted by atomic mass is 9.72. The third kappa shape index (κ3) is 5.55. The molecule has 4 aromatic rings. The maximum absolute atomic E-state index is 2.44. The molecule has 2 nitrogen and oxygen atoms in total. The van der Waals surface area contributed by atoms with Crippen molar-refractivity contribution in [2.24, 2.45) is 0 Å². The van der Waals surface area contributed by atoms with Gasteiger partial charge in [0, 0.05) is 29.8 Å². The SMILES string of the molecule is CCN(CC)c1ccc(/C=C/CC(C)(Cc2ccccc2)c2c([NH2+]C)ccc3ccccc23)c(C)c1. The molecular weight excluding hydrogens is 436 g/mol. The number of fused-ring (bicyclic) bond motifs is 1. The van der Waals surface area contributed by atoms with Gasteiger partial charge in [-0.1, -0.05) is 79.7 Å². The fraction of sp³-hybridized carbons (Fsp3) is 0.294. The second-order valence-corrected chi connectivity index (χ2v) is 10.1. The maximum Gasteiger partial charge on any atom is 0.133 e. The van der Waals surface area contributed by atoms with Crippen LogP contribution in [0.2, 0.25) is 0 Å². The Morgan fingerprint density at radius 2 is 1.58 bits per heavy atom. The predicted octanol–water partition coefficient (Wildman–Crippen LogP) is 7.42. The van der Waals surface area contributed by atoms with Crippen LogP contribution >= 0.6 is 0 Å². The molecule has 186 valence electrons. The van der Waals surface area contributed by atoms with E-state index >= 15 is 0 Å². The number of aryl methyl sites for hydroxylation is 1. The summed E-state index contributed by atoms with van der Waals surface area (Å²) in [6.07, 6.45) is 6.68. The van der Waals surface area contributed by atoms with Crippen LogP contribution in [0.4, 0.5) is 11.4 Å². The average Bonchev–Trinajstić information content (AvgIpc) is 2.90. The lowest BCUT2D eigenvalue weighted by Gasteiger charge is -2.31. The van der Waals surface area contributed by atoms with E-state index in [0.717, 1.165) is 25.9 Å². The first-order valence-electron chi connectivity index (χ1n) is 13.4. The minimum atomic E-state index is -0.0460. The van der Waals surface area contributed by atoms with Crippen LogP contribution in [0.1, 0.15) is 49.4 Å². The van der Waals surface area contributed by atoms with Gasteiger partial charge in [0.15, 0.2) is 0 Å². The molecule has 4 rings (SSSR count). The quantitative estimate of drug-likeness (QED) is 0.236. The van der Waals surface area contributed by atoms with E-state index in [4.69, 9.17) is 0 Å². The van der Waals surface area contributed by atoms with Gasteiger partial charge >= 0.3 is 0 Å². The van der Waals surface area contributed by atoms with Crippen LogP contribution in [0.25, 0.3) is 16.8 Å². The van der Waals surface area contributed by atoms with Crippen LogP contribution in [0.15, 0.2) is 91.0 Å². The van der Waals surface area contributed by atoms with E-state index < -0.39 is 0 Å². The van der Waals surface area contributed by atoms with Crippen molar-refractivity contribution in [3.8, 4) is 0 Å². The highest BCUT2D eigenvalue weighted by Crippen LogP contribution is 2.40. The molecule has 0 aliphatic rings. The van der Waals surface area contributed by atoms with Gasteiger partial charge in [-0.15, -0.1) is 0 Å². The first-order valence-corrected chi connectivity index (χ1v) is 13.4. The third-order valence-electron chi connectivity index (χ3n) is 7.56. The van der Waals surface area contributed by atoms with Gasteiger partial charge in [0.1, 0.15) is 5.69 Å². The molecule has 0 fully saturated rings. The zero-order valence-corrected chi connectivity index (χ0v) is 22.6. The van der Waals surface area contributed by atoms with E-state index in [-0.39, 0.29) is 5.41 Å². The molecule has 0 aromatic heterocycles. The highest BCUT2D eigenvalue weighted by atomic mass is 15.1. The number of rotatable bonds is 10. The number of quaternary nitrogens is 1. The number of anilines is 1. The Balaban J connectivity index is 1.73. The van der Waals surface area contributed by atoms with Crippen molar-refractivity contribution in [3.05, 3.63) is 113 Å².